The summed E-state index contributed by atoms with van der Waals surface area (Å²) in [5, 5.41) is 9.13. The summed E-state index contributed by atoms with van der Waals surface area (Å²) in [4.78, 5) is 0. The molecule has 1 nitrogen and oxygen atoms in total. The van der Waals surface area contributed by atoms with Gasteiger partial charge in [0.1, 0.15) is 0 Å². The molecule has 0 aliphatic heterocycles. The number of allylic oxidation sites excluding steroid dienone is 3. The first kappa shape index (κ1) is 12.2. The predicted molar refractivity (Wildman–Crippen MR) is 58.6 cm³/mol. The SMILES string of the molecule is C=CCCC/C=C/CCC(O)C=C. The summed E-state index contributed by atoms with van der Waals surface area (Å²) in [5.41, 5.74) is 0. The molecular weight excluding hydrogens is 160 g/mol. The molecule has 1 atom stereocenters. The minimum atomic E-state index is -0.349. The number of unbranched alkanes of at least 4 members (excludes halogenated alkanes) is 2. The van der Waals surface area contributed by atoms with Crippen LogP contribution in [0.15, 0.2) is 37.5 Å². The fourth-order valence-corrected chi connectivity index (χ4v) is 1.00. The van der Waals surface area contributed by atoms with Crippen molar-refractivity contribution in [3.63, 3.8) is 0 Å². The van der Waals surface area contributed by atoms with Gasteiger partial charge in [-0.3, -0.25) is 0 Å². The third-order valence-electron chi connectivity index (χ3n) is 1.85. The van der Waals surface area contributed by atoms with Crippen molar-refractivity contribution in [2.45, 2.75) is 38.2 Å². The average molecular weight is 180 g/mol. The van der Waals surface area contributed by atoms with Crippen LogP contribution in [0.1, 0.15) is 32.1 Å². The second kappa shape index (κ2) is 9.27. The highest BCUT2D eigenvalue weighted by atomic mass is 16.3. The van der Waals surface area contributed by atoms with Crippen LogP contribution in [0.4, 0.5) is 0 Å². The summed E-state index contributed by atoms with van der Waals surface area (Å²) >= 11 is 0. The first-order valence-electron chi connectivity index (χ1n) is 4.87. The molecule has 0 rings (SSSR count). The normalized spacial score (nSPS) is 13.0. The molecule has 0 amide bonds. The largest absolute Gasteiger partial charge is 0.389 e. The van der Waals surface area contributed by atoms with E-state index in [9.17, 15) is 0 Å². The van der Waals surface area contributed by atoms with Crippen LogP contribution in [0, 0.1) is 0 Å². The lowest BCUT2D eigenvalue weighted by Gasteiger charge is -1.99. The molecule has 0 aromatic rings. The van der Waals surface area contributed by atoms with E-state index in [1.54, 1.807) is 6.08 Å². The van der Waals surface area contributed by atoms with Gasteiger partial charge in [-0.1, -0.05) is 24.3 Å². The molecular formula is C12H20O. The van der Waals surface area contributed by atoms with E-state index in [1.807, 2.05) is 6.08 Å². The zero-order valence-electron chi connectivity index (χ0n) is 8.28. The molecule has 74 valence electrons. The van der Waals surface area contributed by atoms with Gasteiger partial charge in [0.05, 0.1) is 6.10 Å². The van der Waals surface area contributed by atoms with Crippen LogP contribution < -0.4 is 0 Å². The third-order valence-corrected chi connectivity index (χ3v) is 1.85. The maximum atomic E-state index is 9.13. The van der Waals surface area contributed by atoms with Gasteiger partial charge in [-0.05, 0) is 32.1 Å². The lowest BCUT2D eigenvalue weighted by Crippen LogP contribution is -1.99. The van der Waals surface area contributed by atoms with Crippen molar-refractivity contribution in [2.75, 3.05) is 0 Å². The second-order valence-electron chi connectivity index (χ2n) is 3.07. The Labute approximate surface area is 81.5 Å². The molecule has 0 aromatic heterocycles. The fourth-order valence-electron chi connectivity index (χ4n) is 1.00. The van der Waals surface area contributed by atoms with E-state index in [-0.39, 0.29) is 6.10 Å². The van der Waals surface area contributed by atoms with Crippen LogP contribution in [0.5, 0.6) is 0 Å². The third kappa shape index (κ3) is 9.09. The number of rotatable bonds is 8. The maximum Gasteiger partial charge on any atom is 0.0721 e. The lowest BCUT2D eigenvalue weighted by atomic mass is 10.1. The summed E-state index contributed by atoms with van der Waals surface area (Å²) in [6.45, 7) is 7.18. The molecule has 0 spiro atoms. The minimum Gasteiger partial charge on any atom is -0.389 e. The van der Waals surface area contributed by atoms with Gasteiger partial charge in [0.15, 0.2) is 0 Å². The van der Waals surface area contributed by atoms with Crippen molar-refractivity contribution in [1.29, 1.82) is 0 Å². The molecule has 0 heterocycles. The van der Waals surface area contributed by atoms with E-state index in [1.165, 1.54) is 6.42 Å². The van der Waals surface area contributed by atoms with Crippen LogP contribution in [0.2, 0.25) is 0 Å². The van der Waals surface area contributed by atoms with Crippen LogP contribution in [0.3, 0.4) is 0 Å². The maximum absolute atomic E-state index is 9.13. The molecule has 0 aliphatic rings. The topological polar surface area (TPSA) is 20.2 Å². The quantitative estimate of drug-likeness (QED) is 0.449. The molecule has 0 aromatic carbocycles. The second-order valence-corrected chi connectivity index (χ2v) is 3.07. The van der Waals surface area contributed by atoms with Gasteiger partial charge in [0.25, 0.3) is 0 Å². The van der Waals surface area contributed by atoms with Gasteiger partial charge < -0.3 is 5.11 Å². The monoisotopic (exact) mass is 180 g/mol. The summed E-state index contributed by atoms with van der Waals surface area (Å²) in [6, 6.07) is 0. The minimum absolute atomic E-state index is 0.349. The summed E-state index contributed by atoms with van der Waals surface area (Å²) in [5.74, 6) is 0. The molecule has 0 radical (unpaired) electrons. The first-order chi connectivity index (χ1) is 6.31. The Morgan fingerprint density at radius 3 is 2.38 bits per heavy atom. The van der Waals surface area contributed by atoms with Gasteiger partial charge in [-0.25, -0.2) is 0 Å². The zero-order chi connectivity index (χ0) is 9.94. The highest BCUT2D eigenvalue weighted by Gasteiger charge is 1.93. The Morgan fingerprint density at radius 1 is 1.08 bits per heavy atom. The van der Waals surface area contributed by atoms with Gasteiger partial charge in [0.2, 0.25) is 0 Å². The molecule has 1 heteroatoms. The Balaban J connectivity index is 3.21. The van der Waals surface area contributed by atoms with E-state index in [4.69, 9.17) is 5.11 Å². The van der Waals surface area contributed by atoms with E-state index < -0.39 is 0 Å². The molecule has 0 saturated carbocycles. The predicted octanol–water partition coefficient (Wildman–Crippen LogP) is 3.23. The van der Waals surface area contributed by atoms with Crippen molar-refractivity contribution in [2.24, 2.45) is 0 Å². The smallest absolute Gasteiger partial charge is 0.0721 e. The summed E-state index contributed by atoms with van der Waals surface area (Å²) < 4.78 is 0. The van der Waals surface area contributed by atoms with Crippen LogP contribution in [-0.2, 0) is 0 Å². The Kier molecular flexibility index (Phi) is 8.68. The van der Waals surface area contributed by atoms with Crippen molar-refractivity contribution in [3.05, 3.63) is 37.5 Å². The van der Waals surface area contributed by atoms with Crippen LogP contribution >= 0.6 is 0 Å². The van der Waals surface area contributed by atoms with E-state index >= 15 is 0 Å². The van der Waals surface area contributed by atoms with Crippen LogP contribution in [-0.4, -0.2) is 11.2 Å². The average Bonchev–Trinajstić information content (AvgIpc) is 2.16. The van der Waals surface area contributed by atoms with Crippen molar-refractivity contribution < 1.29 is 5.11 Å². The molecule has 1 N–H and O–H groups in total. The number of aliphatic hydroxyl groups is 1. The van der Waals surface area contributed by atoms with Crippen LogP contribution in [0.25, 0.3) is 0 Å². The molecule has 0 fully saturated rings. The van der Waals surface area contributed by atoms with Gasteiger partial charge in [0, 0.05) is 0 Å². The number of aliphatic hydroxyl groups excluding tert-OH is 1. The van der Waals surface area contributed by atoms with Crippen molar-refractivity contribution >= 4 is 0 Å². The van der Waals surface area contributed by atoms with E-state index in [2.05, 4.69) is 25.3 Å². The summed E-state index contributed by atoms with van der Waals surface area (Å²) in [7, 11) is 0. The van der Waals surface area contributed by atoms with Gasteiger partial charge >= 0.3 is 0 Å². The lowest BCUT2D eigenvalue weighted by molar-refractivity contribution is 0.214. The van der Waals surface area contributed by atoms with E-state index in [0.717, 1.165) is 25.7 Å². The fraction of sp³-hybridized carbons (Fsp3) is 0.500. The molecule has 13 heavy (non-hydrogen) atoms. The molecule has 0 saturated heterocycles. The summed E-state index contributed by atoms with van der Waals surface area (Å²) in [6.07, 6.45) is 12.5. The first-order valence-corrected chi connectivity index (χ1v) is 4.87. The Hall–Kier alpha value is -0.820. The molecule has 1 unspecified atom stereocenters. The van der Waals surface area contributed by atoms with Gasteiger partial charge in [-0.2, -0.15) is 0 Å². The molecule has 0 bridgehead atoms. The number of hydrogen-bond acceptors (Lipinski definition) is 1. The molecule has 0 aliphatic carbocycles. The zero-order valence-corrected chi connectivity index (χ0v) is 8.28. The van der Waals surface area contributed by atoms with Gasteiger partial charge in [-0.15, -0.1) is 13.2 Å². The van der Waals surface area contributed by atoms with Crippen molar-refractivity contribution in [3.8, 4) is 0 Å². The Bertz CT molecular complexity index is 159. The highest BCUT2D eigenvalue weighted by Crippen LogP contribution is 2.01. The number of hydrogen-bond donors (Lipinski definition) is 1. The van der Waals surface area contributed by atoms with E-state index in [0.29, 0.717) is 0 Å². The Morgan fingerprint density at radius 2 is 1.77 bits per heavy atom. The van der Waals surface area contributed by atoms with Crippen molar-refractivity contribution in [1.82, 2.24) is 0 Å². The highest BCUT2D eigenvalue weighted by molar-refractivity contribution is 4.86. The standard InChI is InChI=1S/C12H20O/c1-3-5-6-7-8-9-10-11-12(13)4-2/h3-4,8-9,12-13H,1-2,5-7,10-11H2/b9-8+.